The number of rotatable bonds is 7. The molecule has 5 heteroatoms. The lowest BCUT2D eigenvalue weighted by Crippen LogP contribution is -2.31. The minimum absolute atomic E-state index is 0.205. The molecule has 1 fully saturated rings. The highest BCUT2D eigenvalue weighted by Crippen LogP contribution is 2.18. The first-order valence-corrected chi connectivity index (χ1v) is 8.25. The standard InChI is InChI=1S/C18H23FN2O2/c1-2-16-10-20-18(23-16)13-21(12-17-7-4-8-22-17)11-14-5-3-6-15(19)9-14/h3,5-6,9-10,17H,2,4,7-8,11-13H2,1H3/t17-/m1/s1. The van der Waals surface area contributed by atoms with Crippen LogP contribution in [0.2, 0.25) is 0 Å². The van der Waals surface area contributed by atoms with Crippen LogP contribution in [0.15, 0.2) is 34.9 Å². The van der Waals surface area contributed by atoms with E-state index >= 15 is 0 Å². The van der Waals surface area contributed by atoms with Gasteiger partial charge in [-0.1, -0.05) is 19.1 Å². The summed E-state index contributed by atoms with van der Waals surface area (Å²) in [6.45, 7) is 4.94. The molecule has 2 heterocycles. The van der Waals surface area contributed by atoms with E-state index in [1.54, 1.807) is 18.3 Å². The molecule has 0 radical (unpaired) electrons. The van der Waals surface area contributed by atoms with E-state index in [4.69, 9.17) is 9.15 Å². The summed E-state index contributed by atoms with van der Waals surface area (Å²) in [5, 5.41) is 0. The zero-order valence-corrected chi connectivity index (χ0v) is 13.5. The van der Waals surface area contributed by atoms with Gasteiger partial charge in [-0.2, -0.15) is 0 Å². The van der Waals surface area contributed by atoms with Gasteiger partial charge in [-0.05, 0) is 30.5 Å². The Balaban J connectivity index is 1.69. The number of aryl methyl sites for hydroxylation is 1. The first-order chi connectivity index (χ1) is 11.2. The molecule has 0 spiro atoms. The van der Waals surface area contributed by atoms with E-state index < -0.39 is 0 Å². The van der Waals surface area contributed by atoms with Gasteiger partial charge in [0.05, 0.1) is 18.8 Å². The number of ether oxygens (including phenoxy) is 1. The molecule has 4 nitrogen and oxygen atoms in total. The largest absolute Gasteiger partial charge is 0.444 e. The lowest BCUT2D eigenvalue weighted by Gasteiger charge is -2.24. The number of halogens is 1. The van der Waals surface area contributed by atoms with Crippen molar-refractivity contribution in [3.8, 4) is 0 Å². The van der Waals surface area contributed by atoms with Gasteiger partial charge in [0, 0.05) is 26.1 Å². The summed E-state index contributed by atoms with van der Waals surface area (Å²) in [4.78, 5) is 6.56. The van der Waals surface area contributed by atoms with Crippen molar-refractivity contribution in [1.29, 1.82) is 0 Å². The zero-order valence-electron chi connectivity index (χ0n) is 13.5. The van der Waals surface area contributed by atoms with Gasteiger partial charge in [-0.25, -0.2) is 9.37 Å². The van der Waals surface area contributed by atoms with Crippen LogP contribution in [-0.2, 0) is 24.2 Å². The molecule has 1 atom stereocenters. The van der Waals surface area contributed by atoms with E-state index in [0.717, 1.165) is 43.7 Å². The predicted octanol–water partition coefficient (Wildman–Crippen LogP) is 3.56. The van der Waals surface area contributed by atoms with Crippen LogP contribution in [0.3, 0.4) is 0 Å². The molecule has 2 aromatic rings. The van der Waals surface area contributed by atoms with Gasteiger partial charge >= 0.3 is 0 Å². The molecule has 0 unspecified atom stereocenters. The Kier molecular flexibility index (Phi) is 5.41. The molecular formula is C18H23FN2O2. The van der Waals surface area contributed by atoms with Crippen LogP contribution in [0.5, 0.6) is 0 Å². The molecule has 0 aliphatic carbocycles. The molecule has 0 saturated carbocycles. The first-order valence-electron chi connectivity index (χ1n) is 8.25. The highest BCUT2D eigenvalue weighted by molar-refractivity contribution is 5.16. The van der Waals surface area contributed by atoms with E-state index in [0.29, 0.717) is 19.0 Å². The lowest BCUT2D eigenvalue weighted by molar-refractivity contribution is 0.0647. The summed E-state index contributed by atoms with van der Waals surface area (Å²) in [7, 11) is 0. The van der Waals surface area contributed by atoms with Gasteiger partial charge in [0.15, 0.2) is 0 Å². The quantitative estimate of drug-likeness (QED) is 0.782. The number of aromatic nitrogens is 1. The summed E-state index contributed by atoms with van der Waals surface area (Å²) in [5.41, 5.74) is 0.949. The smallest absolute Gasteiger partial charge is 0.208 e. The van der Waals surface area contributed by atoms with E-state index in [2.05, 4.69) is 9.88 Å². The van der Waals surface area contributed by atoms with E-state index in [9.17, 15) is 4.39 Å². The Morgan fingerprint density at radius 3 is 2.96 bits per heavy atom. The summed E-state index contributed by atoms with van der Waals surface area (Å²) >= 11 is 0. The van der Waals surface area contributed by atoms with Crippen molar-refractivity contribution in [3.05, 3.63) is 53.5 Å². The summed E-state index contributed by atoms with van der Waals surface area (Å²) in [6.07, 6.45) is 5.04. The third-order valence-electron chi connectivity index (χ3n) is 4.09. The van der Waals surface area contributed by atoms with Crippen LogP contribution in [0, 0.1) is 5.82 Å². The van der Waals surface area contributed by atoms with E-state index in [-0.39, 0.29) is 11.9 Å². The second-order valence-corrected chi connectivity index (χ2v) is 6.01. The van der Waals surface area contributed by atoms with Crippen LogP contribution in [-0.4, -0.2) is 29.1 Å². The SMILES string of the molecule is CCc1cnc(CN(Cc2cccc(F)c2)C[C@H]2CCCO2)o1. The summed E-state index contributed by atoms with van der Waals surface area (Å²) in [6, 6.07) is 6.74. The summed E-state index contributed by atoms with van der Waals surface area (Å²) < 4.78 is 24.9. The maximum atomic E-state index is 13.4. The van der Waals surface area contributed by atoms with Crippen LogP contribution < -0.4 is 0 Å². The molecule has 3 rings (SSSR count). The van der Waals surface area contributed by atoms with E-state index in [1.165, 1.54) is 6.07 Å². The molecule has 1 aromatic carbocycles. The fourth-order valence-electron chi connectivity index (χ4n) is 2.93. The number of hydrogen-bond acceptors (Lipinski definition) is 4. The Labute approximate surface area is 136 Å². The van der Waals surface area contributed by atoms with Gasteiger partial charge in [0.25, 0.3) is 0 Å². The van der Waals surface area contributed by atoms with Crippen molar-refractivity contribution >= 4 is 0 Å². The van der Waals surface area contributed by atoms with Crippen LogP contribution in [0.4, 0.5) is 4.39 Å². The second-order valence-electron chi connectivity index (χ2n) is 6.01. The highest BCUT2D eigenvalue weighted by atomic mass is 19.1. The number of hydrogen-bond donors (Lipinski definition) is 0. The minimum atomic E-state index is -0.205. The van der Waals surface area contributed by atoms with Crippen LogP contribution >= 0.6 is 0 Å². The molecule has 23 heavy (non-hydrogen) atoms. The van der Waals surface area contributed by atoms with Gasteiger partial charge in [-0.15, -0.1) is 0 Å². The average molecular weight is 318 g/mol. The van der Waals surface area contributed by atoms with Crippen molar-refractivity contribution < 1.29 is 13.5 Å². The van der Waals surface area contributed by atoms with Gasteiger partial charge < -0.3 is 9.15 Å². The van der Waals surface area contributed by atoms with Crippen molar-refractivity contribution in [2.45, 2.75) is 45.4 Å². The monoisotopic (exact) mass is 318 g/mol. The lowest BCUT2D eigenvalue weighted by atomic mass is 10.2. The second kappa shape index (κ2) is 7.70. The Bertz CT molecular complexity index is 623. The normalized spacial score (nSPS) is 18.0. The van der Waals surface area contributed by atoms with Gasteiger partial charge in [0.2, 0.25) is 5.89 Å². The maximum absolute atomic E-state index is 13.4. The first kappa shape index (κ1) is 16.1. The molecule has 124 valence electrons. The van der Waals surface area contributed by atoms with Crippen LogP contribution in [0.1, 0.15) is 37.0 Å². The Morgan fingerprint density at radius 2 is 2.26 bits per heavy atom. The molecule has 0 bridgehead atoms. The van der Waals surface area contributed by atoms with Crippen molar-refractivity contribution in [1.82, 2.24) is 9.88 Å². The van der Waals surface area contributed by atoms with Crippen molar-refractivity contribution in [2.24, 2.45) is 0 Å². The topological polar surface area (TPSA) is 38.5 Å². The number of benzene rings is 1. The molecule has 1 aliphatic rings. The Morgan fingerprint density at radius 1 is 1.35 bits per heavy atom. The predicted molar refractivity (Wildman–Crippen MR) is 85.4 cm³/mol. The number of oxazole rings is 1. The molecule has 1 saturated heterocycles. The third-order valence-corrected chi connectivity index (χ3v) is 4.09. The molecule has 1 aromatic heterocycles. The highest BCUT2D eigenvalue weighted by Gasteiger charge is 2.21. The average Bonchev–Trinajstić information content (AvgIpc) is 3.19. The zero-order chi connectivity index (χ0) is 16.1. The van der Waals surface area contributed by atoms with Crippen molar-refractivity contribution in [3.63, 3.8) is 0 Å². The van der Waals surface area contributed by atoms with Crippen molar-refractivity contribution in [2.75, 3.05) is 13.2 Å². The molecule has 0 N–H and O–H groups in total. The molecule has 1 aliphatic heterocycles. The minimum Gasteiger partial charge on any atom is -0.444 e. The maximum Gasteiger partial charge on any atom is 0.208 e. The van der Waals surface area contributed by atoms with Gasteiger partial charge in [0.1, 0.15) is 11.6 Å². The van der Waals surface area contributed by atoms with Crippen LogP contribution in [0.25, 0.3) is 0 Å². The molecule has 0 amide bonds. The van der Waals surface area contributed by atoms with Gasteiger partial charge in [-0.3, -0.25) is 4.90 Å². The number of nitrogens with zero attached hydrogens (tertiary/aromatic N) is 2. The third kappa shape index (κ3) is 4.62. The summed E-state index contributed by atoms with van der Waals surface area (Å²) in [5.74, 6) is 1.39. The van der Waals surface area contributed by atoms with E-state index in [1.807, 2.05) is 13.0 Å². The fraction of sp³-hybridized carbons (Fsp3) is 0.500. The Hall–Kier alpha value is -1.72. The molecular weight excluding hydrogens is 295 g/mol. The fourth-order valence-corrected chi connectivity index (χ4v) is 2.93.